The molecule has 1 aromatic heterocycles. The summed E-state index contributed by atoms with van der Waals surface area (Å²) in [6, 6.07) is 7.10. The average Bonchev–Trinajstić information content (AvgIpc) is 3.11. The van der Waals surface area contributed by atoms with Crippen LogP contribution in [0.25, 0.3) is 0 Å². The van der Waals surface area contributed by atoms with E-state index in [0.717, 1.165) is 17.8 Å². The van der Waals surface area contributed by atoms with Gasteiger partial charge in [0.05, 0.1) is 32.3 Å². The molecule has 1 aliphatic rings. The number of aryl methyl sites for hydroxylation is 1. The summed E-state index contributed by atoms with van der Waals surface area (Å²) < 4.78 is 108. The molecule has 0 unspecified atom stereocenters. The highest BCUT2D eigenvalue weighted by Crippen LogP contribution is 2.34. The minimum Gasteiger partial charge on any atom is -0.276 e. The van der Waals surface area contributed by atoms with Crippen molar-refractivity contribution < 1.29 is 34.0 Å². The quantitative estimate of drug-likeness (QED) is 0.452. The SMILES string of the molecule is Cc1ccc(S(=O)(=O)n2cc(S(=O)(=O)Nc3cc(F)c(Br)cc3F)c3c2CS(=O)(=O)CC3)cc1. The number of halogens is 3. The molecule has 1 N–H and O–H groups in total. The Morgan fingerprint density at radius 3 is 2.32 bits per heavy atom. The largest absolute Gasteiger partial charge is 0.276 e. The number of nitrogens with zero attached hydrogens (tertiary/aromatic N) is 1. The second kappa shape index (κ2) is 8.43. The minimum atomic E-state index is -4.62. The first-order valence-electron chi connectivity index (χ1n) is 9.64. The molecule has 2 heterocycles. The molecule has 4 rings (SSSR count). The molecule has 0 saturated heterocycles. The van der Waals surface area contributed by atoms with Gasteiger partial charge in [0.2, 0.25) is 0 Å². The van der Waals surface area contributed by atoms with Gasteiger partial charge in [0.25, 0.3) is 20.0 Å². The maximum Gasteiger partial charge on any atom is 0.267 e. The van der Waals surface area contributed by atoms with Crippen LogP contribution >= 0.6 is 15.9 Å². The van der Waals surface area contributed by atoms with Gasteiger partial charge in [-0.15, -0.1) is 0 Å². The van der Waals surface area contributed by atoms with Gasteiger partial charge >= 0.3 is 0 Å². The molecule has 0 fully saturated rings. The van der Waals surface area contributed by atoms with Crippen LogP contribution in [0.1, 0.15) is 16.8 Å². The van der Waals surface area contributed by atoms with Gasteiger partial charge in [-0.2, -0.15) is 0 Å². The molecule has 0 amide bonds. The first kappa shape index (κ1) is 24.8. The molecule has 1 aliphatic heterocycles. The third kappa shape index (κ3) is 4.51. The zero-order valence-electron chi connectivity index (χ0n) is 17.4. The Morgan fingerprint density at radius 2 is 1.68 bits per heavy atom. The van der Waals surface area contributed by atoms with Crippen molar-refractivity contribution in [1.82, 2.24) is 3.97 Å². The smallest absolute Gasteiger partial charge is 0.267 e. The normalized spacial score (nSPS) is 15.6. The number of rotatable bonds is 5. The van der Waals surface area contributed by atoms with Crippen LogP contribution in [0.4, 0.5) is 14.5 Å². The number of hydrogen-bond acceptors (Lipinski definition) is 6. The van der Waals surface area contributed by atoms with E-state index in [4.69, 9.17) is 0 Å². The highest BCUT2D eigenvalue weighted by molar-refractivity contribution is 9.10. The second-order valence-electron chi connectivity index (χ2n) is 7.73. The van der Waals surface area contributed by atoms with E-state index in [2.05, 4.69) is 15.9 Å². The van der Waals surface area contributed by atoms with Gasteiger partial charge in [0.15, 0.2) is 9.84 Å². The lowest BCUT2D eigenvalue weighted by Gasteiger charge is -2.17. The van der Waals surface area contributed by atoms with Crippen LogP contribution < -0.4 is 4.72 Å². The first-order chi connectivity index (χ1) is 15.7. The molecule has 0 saturated carbocycles. The lowest BCUT2D eigenvalue weighted by atomic mass is 10.2. The van der Waals surface area contributed by atoms with E-state index in [0.29, 0.717) is 10.0 Å². The molecule has 3 aromatic rings. The van der Waals surface area contributed by atoms with Crippen molar-refractivity contribution in [2.45, 2.75) is 28.9 Å². The number of aromatic nitrogens is 1. The predicted molar refractivity (Wildman–Crippen MR) is 124 cm³/mol. The molecule has 8 nitrogen and oxygen atoms in total. The standard InChI is InChI=1S/C20H17BrF2N2O6S3/c1-12-2-4-13(5-3-12)34(30,31)25-10-20(14-6-7-32(26,27)11-19(14)25)33(28,29)24-18-9-16(22)15(21)8-17(18)23/h2-5,8-10,24H,6-7,11H2,1H3. The molecule has 0 spiro atoms. The zero-order chi connectivity index (χ0) is 25.1. The summed E-state index contributed by atoms with van der Waals surface area (Å²) in [6.45, 7) is 1.75. The van der Waals surface area contributed by atoms with Crippen molar-refractivity contribution in [3.63, 3.8) is 0 Å². The average molecular weight is 595 g/mol. The fraction of sp³-hybridized carbons (Fsp3) is 0.200. The van der Waals surface area contributed by atoms with E-state index < -0.39 is 63.6 Å². The van der Waals surface area contributed by atoms with Gasteiger partial charge < -0.3 is 0 Å². The zero-order valence-corrected chi connectivity index (χ0v) is 21.5. The van der Waals surface area contributed by atoms with Crippen LogP contribution in [0.2, 0.25) is 0 Å². The lowest BCUT2D eigenvalue weighted by Crippen LogP contribution is -2.24. The number of fused-ring (bicyclic) bond motifs is 1. The highest BCUT2D eigenvalue weighted by atomic mass is 79.9. The Kier molecular flexibility index (Phi) is 6.15. The third-order valence-corrected chi connectivity index (χ3v) is 10.6. The van der Waals surface area contributed by atoms with Gasteiger partial charge in [-0.3, -0.25) is 4.72 Å². The van der Waals surface area contributed by atoms with Crippen molar-refractivity contribution in [1.29, 1.82) is 0 Å². The fourth-order valence-electron chi connectivity index (χ4n) is 3.56. The number of nitrogens with one attached hydrogen (secondary N) is 1. The molecular formula is C20H17BrF2N2O6S3. The van der Waals surface area contributed by atoms with Gasteiger partial charge in [0, 0.05) is 12.3 Å². The van der Waals surface area contributed by atoms with Crippen LogP contribution in [-0.2, 0) is 42.1 Å². The Hall–Kier alpha value is -2.29. The number of anilines is 1. The van der Waals surface area contributed by atoms with Crippen molar-refractivity contribution in [3.8, 4) is 0 Å². The number of hydrogen-bond donors (Lipinski definition) is 1. The van der Waals surface area contributed by atoms with E-state index in [9.17, 15) is 34.0 Å². The fourth-order valence-corrected chi connectivity index (χ4v) is 8.18. The molecular weight excluding hydrogens is 578 g/mol. The van der Waals surface area contributed by atoms with Crippen molar-refractivity contribution >= 4 is 51.5 Å². The molecule has 0 aliphatic carbocycles. The summed E-state index contributed by atoms with van der Waals surface area (Å²) in [6.07, 6.45) is 0.539. The molecule has 2 aromatic carbocycles. The molecule has 182 valence electrons. The predicted octanol–water partition coefficient (Wildman–Crippen LogP) is 3.35. The topological polar surface area (TPSA) is 119 Å². The second-order valence-corrected chi connectivity index (χ2v) is 14.2. The first-order valence-corrected chi connectivity index (χ1v) is 15.2. The van der Waals surface area contributed by atoms with Gasteiger partial charge in [0.1, 0.15) is 16.5 Å². The molecule has 0 radical (unpaired) electrons. The Morgan fingerprint density at radius 1 is 1.03 bits per heavy atom. The summed E-state index contributed by atoms with van der Waals surface area (Å²) in [5, 5.41) is 0. The van der Waals surface area contributed by atoms with Crippen LogP contribution in [0.15, 0.2) is 56.9 Å². The Labute approximate surface area is 203 Å². The molecule has 14 heteroatoms. The number of benzene rings is 2. The van der Waals surface area contributed by atoms with Gasteiger partial charge in [-0.1, -0.05) is 17.7 Å². The maximum absolute atomic E-state index is 14.3. The maximum atomic E-state index is 14.3. The molecule has 34 heavy (non-hydrogen) atoms. The summed E-state index contributed by atoms with van der Waals surface area (Å²) in [7, 11) is -12.7. The van der Waals surface area contributed by atoms with Crippen LogP contribution in [0.3, 0.4) is 0 Å². The molecule has 0 bridgehead atoms. The third-order valence-electron chi connectivity index (χ3n) is 5.29. The summed E-state index contributed by atoms with van der Waals surface area (Å²) in [4.78, 5) is -0.701. The van der Waals surface area contributed by atoms with Crippen LogP contribution in [0.5, 0.6) is 0 Å². The van der Waals surface area contributed by atoms with E-state index in [1.807, 2.05) is 4.72 Å². The Bertz CT molecular complexity index is 1630. The van der Waals surface area contributed by atoms with Gasteiger partial charge in [-0.25, -0.2) is 38.0 Å². The minimum absolute atomic E-state index is 0.0176. The lowest BCUT2D eigenvalue weighted by molar-refractivity contribution is 0.581. The van der Waals surface area contributed by atoms with E-state index >= 15 is 0 Å². The highest BCUT2D eigenvalue weighted by Gasteiger charge is 2.36. The summed E-state index contributed by atoms with van der Waals surface area (Å²) in [5.41, 5.74) is -0.134. The monoisotopic (exact) mass is 594 g/mol. The van der Waals surface area contributed by atoms with E-state index in [1.165, 1.54) is 12.1 Å². The van der Waals surface area contributed by atoms with Crippen molar-refractivity contribution in [2.24, 2.45) is 0 Å². The van der Waals surface area contributed by atoms with Gasteiger partial charge in [-0.05, 0) is 53.0 Å². The van der Waals surface area contributed by atoms with Crippen molar-refractivity contribution in [2.75, 3.05) is 10.5 Å². The van der Waals surface area contributed by atoms with Crippen LogP contribution in [-0.4, -0.2) is 35.0 Å². The summed E-state index contributed by atoms with van der Waals surface area (Å²) in [5.74, 6) is -3.07. The van der Waals surface area contributed by atoms with Crippen molar-refractivity contribution in [3.05, 3.63) is 75.5 Å². The number of sulfonamides is 1. The van der Waals surface area contributed by atoms with Crippen LogP contribution in [0, 0.1) is 18.6 Å². The summed E-state index contributed by atoms with van der Waals surface area (Å²) >= 11 is 2.80. The Balaban J connectivity index is 1.89. The molecule has 0 atom stereocenters. The van der Waals surface area contributed by atoms with E-state index in [-0.39, 0.29) is 27.0 Å². The van der Waals surface area contributed by atoms with E-state index in [1.54, 1.807) is 19.1 Å². The number of sulfone groups is 1.